The van der Waals surface area contributed by atoms with Gasteiger partial charge in [-0.05, 0) is 16.7 Å². The van der Waals surface area contributed by atoms with Crippen LogP contribution in [0.25, 0.3) is 0 Å². The van der Waals surface area contributed by atoms with Gasteiger partial charge in [0.25, 0.3) is 0 Å². The molecule has 25 heavy (non-hydrogen) atoms. The molecule has 0 fully saturated rings. The molecule has 2 heteroatoms. The summed E-state index contributed by atoms with van der Waals surface area (Å²) in [5, 5.41) is 0. The summed E-state index contributed by atoms with van der Waals surface area (Å²) in [7, 11) is 0. The van der Waals surface area contributed by atoms with Crippen LogP contribution in [0.15, 0.2) is 91.0 Å². The molecular weight excluding hydrogens is 306 g/mol. The standard InChI is InChI=1S/C23H25NO/c1-4-10-21(11-5-1)18-24(19-22-12-6-2-7-13-22)16-17-25-20-23-14-8-3-9-15-23/h1-15H,16-20H2. The number of nitrogens with zero attached hydrogens (tertiary/aromatic N) is 1. The van der Waals surface area contributed by atoms with Crippen LogP contribution < -0.4 is 0 Å². The van der Waals surface area contributed by atoms with Crippen LogP contribution in [0.4, 0.5) is 0 Å². The molecule has 2 nitrogen and oxygen atoms in total. The second-order valence-corrected chi connectivity index (χ2v) is 6.22. The Kier molecular flexibility index (Phi) is 6.80. The van der Waals surface area contributed by atoms with E-state index in [0.717, 1.165) is 26.2 Å². The van der Waals surface area contributed by atoms with Gasteiger partial charge in [-0.2, -0.15) is 0 Å². The van der Waals surface area contributed by atoms with Crippen molar-refractivity contribution < 1.29 is 4.74 Å². The van der Waals surface area contributed by atoms with Crippen molar-refractivity contribution in [1.29, 1.82) is 0 Å². The van der Waals surface area contributed by atoms with Crippen molar-refractivity contribution >= 4 is 0 Å². The molecule has 128 valence electrons. The number of rotatable bonds is 9. The van der Waals surface area contributed by atoms with Gasteiger partial charge in [0.05, 0.1) is 13.2 Å². The molecule has 0 bridgehead atoms. The first-order chi connectivity index (χ1) is 12.4. The van der Waals surface area contributed by atoms with E-state index in [-0.39, 0.29) is 0 Å². The molecule has 3 aromatic rings. The van der Waals surface area contributed by atoms with Gasteiger partial charge in [-0.3, -0.25) is 4.90 Å². The van der Waals surface area contributed by atoms with Gasteiger partial charge in [0.15, 0.2) is 0 Å². The molecule has 3 aromatic carbocycles. The van der Waals surface area contributed by atoms with Gasteiger partial charge in [0.2, 0.25) is 0 Å². The van der Waals surface area contributed by atoms with Crippen LogP contribution in [-0.2, 0) is 24.4 Å². The lowest BCUT2D eigenvalue weighted by Gasteiger charge is -2.22. The predicted octanol–water partition coefficient (Wildman–Crippen LogP) is 4.91. The lowest BCUT2D eigenvalue weighted by Crippen LogP contribution is -2.27. The fraction of sp³-hybridized carbons (Fsp3) is 0.217. The zero-order valence-electron chi connectivity index (χ0n) is 14.6. The first kappa shape index (κ1) is 17.4. The summed E-state index contributed by atoms with van der Waals surface area (Å²) in [6.45, 7) is 4.19. The summed E-state index contributed by atoms with van der Waals surface area (Å²) in [5.74, 6) is 0. The van der Waals surface area contributed by atoms with Crippen molar-refractivity contribution in [2.75, 3.05) is 13.2 Å². The number of hydrogen-bond donors (Lipinski definition) is 0. The quantitative estimate of drug-likeness (QED) is 0.517. The molecule has 0 radical (unpaired) electrons. The van der Waals surface area contributed by atoms with E-state index in [0.29, 0.717) is 6.61 Å². The normalized spacial score (nSPS) is 10.9. The highest BCUT2D eigenvalue weighted by Gasteiger charge is 2.07. The molecule has 0 amide bonds. The first-order valence-corrected chi connectivity index (χ1v) is 8.82. The van der Waals surface area contributed by atoms with Gasteiger partial charge in [0.1, 0.15) is 0 Å². The van der Waals surface area contributed by atoms with E-state index in [4.69, 9.17) is 4.74 Å². The maximum absolute atomic E-state index is 5.88. The van der Waals surface area contributed by atoms with Crippen LogP contribution in [-0.4, -0.2) is 18.1 Å². The average Bonchev–Trinajstić information content (AvgIpc) is 2.67. The van der Waals surface area contributed by atoms with Gasteiger partial charge in [0, 0.05) is 19.6 Å². The average molecular weight is 331 g/mol. The molecule has 0 unspecified atom stereocenters. The molecule has 0 aromatic heterocycles. The fourth-order valence-electron chi connectivity index (χ4n) is 2.86. The van der Waals surface area contributed by atoms with Crippen LogP contribution in [0, 0.1) is 0 Å². The smallest absolute Gasteiger partial charge is 0.0717 e. The highest BCUT2D eigenvalue weighted by atomic mass is 16.5. The second kappa shape index (κ2) is 9.77. The highest BCUT2D eigenvalue weighted by molar-refractivity contribution is 5.17. The minimum absolute atomic E-state index is 0.672. The Bertz CT molecular complexity index is 671. The van der Waals surface area contributed by atoms with Crippen LogP contribution >= 0.6 is 0 Å². The summed E-state index contributed by atoms with van der Waals surface area (Å²) in [4.78, 5) is 2.44. The second-order valence-electron chi connectivity index (χ2n) is 6.22. The van der Waals surface area contributed by atoms with Gasteiger partial charge in [-0.15, -0.1) is 0 Å². The zero-order valence-corrected chi connectivity index (χ0v) is 14.6. The Balaban J connectivity index is 1.54. The Morgan fingerprint density at radius 1 is 0.560 bits per heavy atom. The molecule has 0 saturated carbocycles. The summed E-state index contributed by atoms with van der Waals surface area (Å²) in [5.41, 5.74) is 3.89. The molecule has 0 aliphatic rings. The van der Waals surface area contributed by atoms with Crippen molar-refractivity contribution in [2.45, 2.75) is 19.7 Å². The first-order valence-electron chi connectivity index (χ1n) is 8.82. The van der Waals surface area contributed by atoms with Gasteiger partial charge in [-0.1, -0.05) is 91.0 Å². The largest absolute Gasteiger partial charge is 0.375 e. The van der Waals surface area contributed by atoms with Gasteiger partial charge >= 0.3 is 0 Å². The van der Waals surface area contributed by atoms with Gasteiger partial charge in [-0.25, -0.2) is 0 Å². The molecule has 0 heterocycles. The number of hydrogen-bond acceptors (Lipinski definition) is 2. The van der Waals surface area contributed by atoms with E-state index in [1.165, 1.54) is 16.7 Å². The van der Waals surface area contributed by atoms with E-state index < -0.39 is 0 Å². The molecule has 3 rings (SSSR count). The Morgan fingerprint density at radius 3 is 1.48 bits per heavy atom. The highest BCUT2D eigenvalue weighted by Crippen LogP contribution is 2.10. The lowest BCUT2D eigenvalue weighted by molar-refractivity contribution is 0.0879. The van der Waals surface area contributed by atoms with Crippen molar-refractivity contribution in [1.82, 2.24) is 4.90 Å². The Hall–Kier alpha value is -2.42. The third-order valence-electron chi connectivity index (χ3n) is 4.16. The van der Waals surface area contributed by atoms with Crippen molar-refractivity contribution in [2.24, 2.45) is 0 Å². The topological polar surface area (TPSA) is 12.5 Å². The molecular formula is C23H25NO. The van der Waals surface area contributed by atoms with E-state index in [1.54, 1.807) is 0 Å². The minimum atomic E-state index is 0.672. The van der Waals surface area contributed by atoms with Crippen LogP contribution in [0.3, 0.4) is 0 Å². The maximum Gasteiger partial charge on any atom is 0.0717 e. The van der Waals surface area contributed by atoms with E-state index >= 15 is 0 Å². The Morgan fingerprint density at radius 2 is 1.00 bits per heavy atom. The van der Waals surface area contributed by atoms with E-state index in [2.05, 4.69) is 89.8 Å². The van der Waals surface area contributed by atoms with E-state index in [9.17, 15) is 0 Å². The van der Waals surface area contributed by atoms with Crippen LogP contribution in [0.2, 0.25) is 0 Å². The third kappa shape index (κ3) is 6.18. The molecule has 0 N–H and O–H groups in total. The van der Waals surface area contributed by atoms with Gasteiger partial charge < -0.3 is 4.74 Å². The number of benzene rings is 3. The summed E-state index contributed by atoms with van der Waals surface area (Å²) in [6, 6.07) is 31.6. The van der Waals surface area contributed by atoms with Crippen molar-refractivity contribution in [3.63, 3.8) is 0 Å². The molecule has 0 atom stereocenters. The summed E-state index contributed by atoms with van der Waals surface area (Å²) < 4.78 is 5.88. The molecule has 0 saturated heterocycles. The van der Waals surface area contributed by atoms with Crippen LogP contribution in [0.5, 0.6) is 0 Å². The predicted molar refractivity (Wildman–Crippen MR) is 103 cm³/mol. The van der Waals surface area contributed by atoms with Crippen molar-refractivity contribution in [3.8, 4) is 0 Å². The molecule has 0 aliphatic carbocycles. The fourth-order valence-corrected chi connectivity index (χ4v) is 2.86. The summed E-state index contributed by atoms with van der Waals surface area (Å²) in [6.07, 6.45) is 0. The third-order valence-corrected chi connectivity index (χ3v) is 4.16. The zero-order chi connectivity index (χ0) is 17.2. The molecule has 0 aliphatic heterocycles. The van der Waals surface area contributed by atoms with E-state index in [1.807, 2.05) is 6.07 Å². The maximum atomic E-state index is 5.88. The molecule has 0 spiro atoms. The summed E-state index contributed by atoms with van der Waals surface area (Å²) >= 11 is 0. The van der Waals surface area contributed by atoms with Crippen LogP contribution in [0.1, 0.15) is 16.7 Å². The minimum Gasteiger partial charge on any atom is -0.375 e. The van der Waals surface area contributed by atoms with Crippen molar-refractivity contribution in [3.05, 3.63) is 108 Å². The monoisotopic (exact) mass is 331 g/mol. The lowest BCUT2D eigenvalue weighted by atomic mass is 10.1. The number of ether oxygens (including phenoxy) is 1. The SMILES string of the molecule is c1ccc(COCCN(Cc2ccccc2)Cc2ccccc2)cc1. The Labute approximate surface area is 150 Å².